The Bertz CT molecular complexity index is 597. The number of nitrogens with two attached hydrogens (primary N) is 1. The molecule has 0 saturated carbocycles. The highest BCUT2D eigenvalue weighted by Crippen LogP contribution is 2.25. The van der Waals surface area contributed by atoms with Crippen LogP contribution >= 0.6 is 0 Å². The monoisotopic (exact) mass is 270 g/mol. The summed E-state index contributed by atoms with van der Waals surface area (Å²) in [7, 11) is 3.32. The highest BCUT2D eigenvalue weighted by Gasteiger charge is 2.10. The van der Waals surface area contributed by atoms with Gasteiger partial charge in [-0.05, 0) is 23.8 Å². The van der Waals surface area contributed by atoms with E-state index in [0.717, 1.165) is 12.2 Å². The number of hydrogen-bond acceptors (Lipinski definition) is 4. The van der Waals surface area contributed by atoms with Gasteiger partial charge >= 0.3 is 5.97 Å². The Balaban J connectivity index is 2.18. The zero-order valence-electron chi connectivity index (χ0n) is 11.7. The standard InChI is InChI=1S/C16H18N2O2/c1-18(11-12-6-4-3-5-7-12)15-9-8-13(10-14(15)17)16(19)20-2/h3-10H,11,17H2,1-2H3. The first-order chi connectivity index (χ1) is 9.61. The summed E-state index contributed by atoms with van der Waals surface area (Å²) in [6.45, 7) is 0.753. The lowest BCUT2D eigenvalue weighted by Gasteiger charge is -2.21. The Morgan fingerprint density at radius 1 is 1.20 bits per heavy atom. The molecule has 0 fully saturated rings. The maximum Gasteiger partial charge on any atom is 0.337 e. The van der Waals surface area contributed by atoms with Crippen molar-refractivity contribution in [3.63, 3.8) is 0 Å². The van der Waals surface area contributed by atoms with Crippen molar-refractivity contribution in [2.75, 3.05) is 24.8 Å². The molecule has 104 valence electrons. The fourth-order valence-corrected chi connectivity index (χ4v) is 2.09. The number of carbonyl (C=O) groups is 1. The van der Waals surface area contributed by atoms with E-state index >= 15 is 0 Å². The molecule has 0 aliphatic rings. The third-order valence-electron chi connectivity index (χ3n) is 3.12. The first kappa shape index (κ1) is 13.9. The second kappa shape index (κ2) is 6.10. The molecule has 0 amide bonds. The van der Waals surface area contributed by atoms with E-state index in [2.05, 4.69) is 16.9 Å². The summed E-state index contributed by atoms with van der Waals surface area (Å²) in [6, 6.07) is 15.3. The van der Waals surface area contributed by atoms with E-state index in [1.807, 2.05) is 36.2 Å². The Kier molecular flexibility index (Phi) is 4.25. The van der Waals surface area contributed by atoms with E-state index in [0.29, 0.717) is 11.3 Å². The van der Waals surface area contributed by atoms with Gasteiger partial charge in [-0.1, -0.05) is 30.3 Å². The minimum Gasteiger partial charge on any atom is -0.465 e. The molecule has 0 saturated heterocycles. The highest BCUT2D eigenvalue weighted by atomic mass is 16.5. The molecule has 0 aliphatic heterocycles. The van der Waals surface area contributed by atoms with Crippen LogP contribution in [0.2, 0.25) is 0 Å². The van der Waals surface area contributed by atoms with Gasteiger partial charge in [0, 0.05) is 13.6 Å². The lowest BCUT2D eigenvalue weighted by atomic mass is 10.1. The van der Waals surface area contributed by atoms with Crippen LogP contribution in [0.1, 0.15) is 15.9 Å². The lowest BCUT2D eigenvalue weighted by molar-refractivity contribution is 0.0601. The van der Waals surface area contributed by atoms with Crippen molar-refractivity contribution in [1.29, 1.82) is 0 Å². The van der Waals surface area contributed by atoms with Crippen molar-refractivity contribution in [2.45, 2.75) is 6.54 Å². The van der Waals surface area contributed by atoms with Crippen LogP contribution in [0.5, 0.6) is 0 Å². The van der Waals surface area contributed by atoms with E-state index in [9.17, 15) is 4.79 Å². The molecular formula is C16H18N2O2. The molecule has 2 N–H and O–H groups in total. The second-order valence-electron chi connectivity index (χ2n) is 4.61. The Labute approximate surface area is 118 Å². The van der Waals surface area contributed by atoms with E-state index in [4.69, 9.17) is 5.73 Å². The average molecular weight is 270 g/mol. The van der Waals surface area contributed by atoms with E-state index in [1.165, 1.54) is 12.7 Å². The fraction of sp³-hybridized carbons (Fsp3) is 0.188. The Morgan fingerprint density at radius 2 is 1.90 bits per heavy atom. The summed E-state index contributed by atoms with van der Waals surface area (Å²) in [5, 5.41) is 0. The summed E-state index contributed by atoms with van der Waals surface area (Å²) in [6.07, 6.45) is 0. The number of nitrogen functional groups attached to an aromatic ring is 1. The molecule has 0 atom stereocenters. The van der Waals surface area contributed by atoms with Crippen LogP contribution in [-0.2, 0) is 11.3 Å². The highest BCUT2D eigenvalue weighted by molar-refractivity contribution is 5.91. The van der Waals surface area contributed by atoms with Gasteiger partial charge in [-0.15, -0.1) is 0 Å². The number of rotatable bonds is 4. The molecule has 0 aromatic heterocycles. The number of ether oxygens (including phenoxy) is 1. The molecule has 4 heteroatoms. The molecule has 2 aromatic rings. The third-order valence-corrected chi connectivity index (χ3v) is 3.12. The minimum atomic E-state index is -0.381. The molecule has 0 unspecified atom stereocenters. The third kappa shape index (κ3) is 3.09. The lowest BCUT2D eigenvalue weighted by Crippen LogP contribution is -2.18. The first-order valence-electron chi connectivity index (χ1n) is 6.34. The molecule has 0 aliphatic carbocycles. The summed E-state index contributed by atoms with van der Waals surface area (Å²) >= 11 is 0. The Hall–Kier alpha value is -2.49. The van der Waals surface area contributed by atoms with Gasteiger partial charge in [0.15, 0.2) is 0 Å². The van der Waals surface area contributed by atoms with Crippen LogP contribution in [0.3, 0.4) is 0 Å². The Morgan fingerprint density at radius 3 is 2.50 bits per heavy atom. The first-order valence-corrected chi connectivity index (χ1v) is 6.34. The zero-order chi connectivity index (χ0) is 14.5. The molecule has 0 radical (unpaired) electrons. The molecule has 2 aromatic carbocycles. The number of esters is 1. The summed E-state index contributed by atoms with van der Waals surface area (Å²) < 4.78 is 4.68. The molecule has 20 heavy (non-hydrogen) atoms. The van der Waals surface area contributed by atoms with E-state index < -0.39 is 0 Å². The smallest absolute Gasteiger partial charge is 0.337 e. The maximum absolute atomic E-state index is 11.4. The van der Waals surface area contributed by atoms with Crippen molar-refractivity contribution >= 4 is 17.3 Å². The fourth-order valence-electron chi connectivity index (χ4n) is 2.09. The van der Waals surface area contributed by atoms with Gasteiger partial charge in [0.1, 0.15) is 0 Å². The zero-order valence-corrected chi connectivity index (χ0v) is 11.7. The minimum absolute atomic E-state index is 0.381. The number of methoxy groups -OCH3 is 1. The summed E-state index contributed by atoms with van der Waals surface area (Å²) in [5.74, 6) is -0.381. The van der Waals surface area contributed by atoms with Crippen LogP contribution in [0.4, 0.5) is 11.4 Å². The SMILES string of the molecule is COC(=O)c1ccc(N(C)Cc2ccccc2)c(N)c1. The average Bonchev–Trinajstić information content (AvgIpc) is 2.47. The number of nitrogens with zero attached hydrogens (tertiary/aromatic N) is 1. The van der Waals surface area contributed by atoms with Crippen molar-refractivity contribution < 1.29 is 9.53 Å². The van der Waals surface area contributed by atoms with Crippen LogP contribution in [-0.4, -0.2) is 20.1 Å². The topological polar surface area (TPSA) is 55.6 Å². The molecule has 2 rings (SSSR count). The molecule has 0 spiro atoms. The molecule has 4 nitrogen and oxygen atoms in total. The van der Waals surface area contributed by atoms with Gasteiger partial charge in [-0.25, -0.2) is 4.79 Å². The number of benzene rings is 2. The number of anilines is 2. The molecule has 0 heterocycles. The van der Waals surface area contributed by atoms with Gasteiger partial charge < -0.3 is 15.4 Å². The van der Waals surface area contributed by atoms with Crippen molar-refractivity contribution in [2.24, 2.45) is 0 Å². The molecular weight excluding hydrogens is 252 g/mol. The number of hydrogen-bond donors (Lipinski definition) is 1. The largest absolute Gasteiger partial charge is 0.465 e. The van der Waals surface area contributed by atoms with Crippen LogP contribution in [0.25, 0.3) is 0 Å². The quantitative estimate of drug-likeness (QED) is 0.685. The van der Waals surface area contributed by atoms with Crippen molar-refractivity contribution in [3.8, 4) is 0 Å². The van der Waals surface area contributed by atoms with Gasteiger partial charge in [-0.3, -0.25) is 0 Å². The van der Waals surface area contributed by atoms with Crippen LogP contribution in [0.15, 0.2) is 48.5 Å². The van der Waals surface area contributed by atoms with Crippen molar-refractivity contribution in [3.05, 3.63) is 59.7 Å². The normalized spacial score (nSPS) is 10.1. The van der Waals surface area contributed by atoms with Crippen LogP contribution < -0.4 is 10.6 Å². The van der Waals surface area contributed by atoms with Gasteiger partial charge in [0.25, 0.3) is 0 Å². The van der Waals surface area contributed by atoms with E-state index in [-0.39, 0.29) is 5.97 Å². The van der Waals surface area contributed by atoms with Crippen LogP contribution in [0, 0.1) is 0 Å². The second-order valence-corrected chi connectivity index (χ2v) is 4.61. The van der Waals surface area contributed by atoms with Gasteiger partial charge in [0.2, 0.25) is 0 Å². The van der Waals surface area contributed by atoms with E-state index in [1.54, 1.807) is 12.1 Å². The summed E-state index contributed by atoms with van der Waals surface area (Å²) in [4.78, 5) is 13.5. The maximum atomic E-state index is 11.4. The predicted octanol–water partition coefficient (Wildman–Crippen LogP) is 2.69. The molecule has 0 bridgehead atoms. The predicted molar refractivity (Wildman–Crippen MR) is 80.7 cm³/mol. The van der Waals surface area contributed by atoms with Gasteiger partial charge in [0.05, 0.1) is 24.0 Å². The van der Waals surface area contributed by atoms with Crippen molar-refractivity contribution in [1.82, 2.24) is 0 Å². The van der Waals surface area contributed by atoms with Gasteiger partial charge in [-0.2, -0.15) is 0 Å². The number of carbonyl (C=O) groups excluding carboxylic acids is 1. The summed E-state index contributed by atoms with van der Waals surface area (Å²) in [5.41, 5.74) is 9.13.